The average molecular weight is 495 g/mol. The van der Waals surface area contributed by atoms with Crippen molar-refractivity contribution in [3.05, 3.63) is 0 Å². The van der Waals surface area contributed by atoms with Crippen molar-refractivity contribution < 1.29 is 4.48 Å². The van der Waals surface area contributed by atoms with E-state index in [-0.39, 0.29) is 0 Å². The summed E-state index contributed by atoms with van der Waals surface area (Å²) in [4.78, 5) is 0. The lowest BCUT2D eigenvalue weighted by Gasteiger charge is -2.40. The minimum absolute atomic E-state index is 1.37. The van der Waals surface area contributed by atoms with Crippen LogP contribution in [0, 0.1) is 0 Å². The highest BCUT2D eigenvalue weighted by Gasteiger charge is 2.25. The molecule has 0 spiro atoms. The van der Waals surface area contributed by atoms with Gasteiger partial charge >= 0.3 is 0 Å². The fraction of sp³-hybridized carbons (Fsp3) is 1.00. The Labute approximate surface area is 225 Å². The Hall–Kier alpha value is -0.0400. The predicted molar refractivity (Wildman–Crippen MR) is 162 cm³/mol. The first-order valence-electron chi connectivity index (χ1n) is 17.1. The van der Waals surface area contributed by atoms with Gasteiger partial charge in [-0.3, -0.25) is 0 Å². The maximum atomic E-state index is 2.35. The van der Waals surface area contributed by atoms with Gasteiger partial charge in [-0.1, -0.05) is 143 Å². The summed E-state index contributed by atoms with van der Waals surface area (Å²) in [5.74, 6) is 0. The minimum Gasteiger partial charge on any atom is -0.324 e. The number of unbranched alkanes of at least 4 members (excludes halogenated alkanes) is 22. The van der Waals surface area contributed by atoms with Gasteiger partial charge in [0.15, 0.2) is 0 Å². The van der Waals surface area contributed by atoms with E-state index < -0.39 is 0 Å². The van der Waals surface area contributed by atoms with Crippen LogP contribution in [0.5, 0.6) is 0 Å². The molecule has 1 heteroatoms. The lowest BCUT2D eigenvalue weighted by atomic mass is 10.0. The van der Waals surface area contributed by atoms with Gasteiger partial charge in [0.25, 0.3) is 0 Å². The van der Waals surface area contributed by atoms with Crippen LogP contribution in [0.4, 0.5) is 0 Å². The third-order valence-corrected chi connectivity index (χ3v) is 8.44. The molecule has 1 nitrogen and oxygen atoms in total. The molecule has 0 radical (unpaired) electrons. The van der Waals surface area contributed by atoms with Gasteiger partial charge in [-0.15, -0.1) is 0 Å². The molecular formula is C34H72N+. The molecule has 35 heavy (non-hydrogen) atoms. The van der Waals surface area contributed by atoms with Crippen molar-refractivity contribution in [3.63, 3.8) is 0 Å². The van der Waals surface area contributed by atoms with Crippen molar-refractivity contribution >= 4 is 0 Å². The van der Waals surface area contributed by atoms with E-state index in [2.05, 4.69) is 27.7 Å². The third kappa shape index (κ3) is 24.1. The summed E-state index contributed by atoms with van der Waals surface area (Å²) in [5.41, 5.74) is 0. The van der Waals surface area contributed by atoms with Gasteiger partial charge in [0.1, 0.15) is 0 Å². The van der Waals surface area contributed by atoms with Gasteiger partial charge in [0, 0.05) is 0 Å². The molecule has 0 saturated carbocycles. The zero-order valence-electron chi connectivity index (χ0n) is 25.7. The van der Waals surface area contributed by atoms with Crippen LogP contribution in [0.2, 0.25) is 0 Å². The van der Waals surface area contributed by atoms with Crippen molar-refractivity contribution in [1.82, 2.24) is 0 Å². The molecule has 0 heterocycles. The standard InChI is InChI=1S/C34H72N/c1-5-9-13-17-19-21-25-29-33-35(31-27-23-15-11-7-3,32-28-24-16-12-8-4)34-30-26-22-20-18-14-10-6-2/h5-34H2,1-4H3/q+1. The molecule has 0 aliphatic rings. The topological polar surface area (TPSA) is 0 Å². The van der Waals surface area contributed by atoms with E-state index in [1.165, 1.54) is 198 Å². The van der Waals surface area contributed by atoms with E-state index in [4.69, 9.17) is 0 Å². The minimum atomic E-state index is 1.37. The third-order valence-electron chi connectivity index (χ3n) is 8.44. The van der Waals surface area contributed by atoms with Crippen molar-refractivity contribution in [2.75, 3.05) is 26.2 Å². The number of nitrogens with zero attached hydrogens (tertiary/aromatic N) is 1. The van der Waals surface area contributed by atoms with Crippen LogP contribution in [0.1, 0.15) is 195 Å². The molecule has 0 bridgehead atoms. The molecule has 0 aliphatic carbocycles. The fourth-order valence-electron chi connectivity index (χ4n) is 5.93. The molecule has 0 aliphatic heterocycles. The normalized spacial score (nSPS) is 12.0. The Morgan fingerprint density at radius 3 is 0.600 bits per heavy atom. The molecule has 0 aromatic rings. The van der Waals surface area contributed by atoms with Gasteiger partial charge < -0.3 is 4.48 Å². The molecule has 0 amide bonds. The summed E-state index contributed by atoms with van der Waals surface area (Å²) < 4.78 is 1.48. The van der Waals surface area contributed by atoms with Crippen molar-refractivity contribution in [2.45, 2.75) is 195 Å². The molecule has 0 atom stereocenters. The summed E-state index contributed by atoms with van der Waals surface area (Å²) in [6.07, 6.45) is 37.8. The fourth-order valence-corrected chi connectivity index (χ4v) is 5.93. The maximum Gasteiger partial charge on any atom is 0.0786 e. The lowest BCUT2D eigenvalue weighted by molar-refractivity contribution is -0.929. The average Bonchev–Trinajstić information content (AvgIpc) is 2.87. The smallest absolute Gasteiger partial charge is 0.0786 e. The predicted octanol–water partition coefficient (Wildman–Crippen LogP) is 12.0. The number of hydrogen-bond acceptors (Lipinski definition) is 0. The lowest BCUT2D eigenvalue weighted by Crippen LogP contribution is -2.50. The Morgan fingerprint density at radius 2 is 0.400 bits per heavy atom. The van der Waals surface area contributed by atoms with E-state index in [0.29, 0.717) is 0 Å². The van der Waals surface area contributed by atoms with Gasteiger partial charge in [0.2, 0.25) is 0 Å². The second kappa shape index (κ2) is 28.5. The quantitative estimate of drug-likeness (QED) is 0.0687. The highest BCUT2D eigenvalue weighted by molar-refractivity contribution is 4.55. The Bertz CT molecular complexity index is 341. The van der Waals surface area contributed by atoms with Crippen molar-refractivity contribution in [2.24, 2.45) is 0 Å². The van der Waals surface area contributed by atoms with Gasteiger partial charge in [-0.2, -0.15) is 0 Å². The van der Waals surface area contributed by atoms with Gasteiger partial charge in [-0.25, -0.2) is 0 Å². The molecular weight excluding hydrogens is 422 g/mol. The molecule has 0 rings (SSSR count). The Balaban J connectivity index is 4.68. The highest BCUT2D eigenvalue weighted by Crippen LogP contribution is 2.21. The van der Waals surface area contributed by atoms with Crippen LogP contribution in [-0.4, -0.2) is 30.7 Å². The first-order chi connectivity index (χ1) is 17.2. The van der Waals surface area contributed by atoms with E-state index in [9.17, 15) is 0 Å². The summed E-state index contributed by atoms with van der Waals surface area (Å²) in [6, 6.07) is 0. The SMILES string of the molecule is CCCCCCCCCC[N+](CCCCCCC)(CCCCCCC)CCCCCCCCCC. The maximum absolute atomic E-state index is 2.35. The zero-order chi connectivity index (χ0) is 25.7. The summed E-state index contributed by atoms with van der Waals surface area (Å²) in [6.45, 7) is 15.3. The molecule has 0 unspecified atom stereocenters. The molecule has 212 valence electrons. The first kappa shape index (κ1) is 35.0. The van der Waals surface area contributed by atoms with Crippen LogP contribution in [0.25, 0.3) is 0 Å². The summed E-state index contributed by atoms with van der Waals surface area (Å²) >= 11 is 0. The molecule has 0 fully saturated rings. The van der Waals surface area contributed by atoms with Crippen LogP contribution in [-0.2, 0) is 0 Å². The van der Waals surface area contributed by atoms with Crippen LogP contribution in [0.15, 0.2) is 0 Å². The summed E-state index contributed by atoms with van der Waals surface area (Å²) in [5, 5.41) is 0. The van der Waals surface area contributed by atoms with Crippen molar-refractivity contribution in [3.8, 4) is 0 Å². The molecule has 0 aromatic carbocycles. The van der Waals surface area contributed by atoms with E-state index in [1.807, 2.05) is 0 Å². The van der Waals surface area contributed by atoms with Gasteiger partial charge in [-0.05, 0) is 51.4 Å². The molecule has 0 saturated heterocycles. The van der Waals surface area contributed by atoms with E-state index >= 15 is 0 Å². The molecule has 0 aromatic heterocycles. The van der Waals surface area contributed by atoms with Crippen molar-refractivity contribution in [1.29, 1.82) is 0 Å². The van der Waals surface area contributed by atoms with Crippen LogP contribution >= 0.6 is 0 Å². The summed E-state index contributed by atoms with van der Waals surface area (Å²) in [7, 11) is 0. The first-order valence-corrected chi connectivity index (χ1v) is 17.1. The zero-order valence-corrected chi connectivity index (χ0v) is 25.7. The van der Waals surface area contributed by atoms with Crippen LogP contribution < -0.4 is 0 Å². The Morgan fingerprint density at radius 1 is 0.229 bits per heavy atom. The highest BCUT2D eigenvalue weighted by atomic mass is 15.3. The second-order valence-corrected chi connectivity index (χ2v) is 12.0. The van der Waals surface area contributed by atoms with E-state index in [0.717, 1.165) is 0 Å². The van der Waals surface area contributed by atoms with Gasteiger partial charge in [0.05, 0.1) is 26.2 Å². The Kier molecular flexibility index (Phi) is 28.5. The van der Waals surface area contributed by atoms with E-state index in [1.54, 1.807) is 0 Å². The van der Waals surface area contributed by atoms with Crippen LogP contribution in [0.3, 0.4) is 0 Å². The largest absolute Gasteiger partial charge is 0.324 e. The number of quaternary nitrogens is 1. The molecule has 0 N–H and O–H groups in total. The monoisotopic (exact) mass is 495 g/mol. The number of hydrogen-bond donors (Lipinski definition) is 0. The second-order valence-electron chi connectivity index (χ2n) is 12.0. The number of rotatable bonds is 30.